The van der Waals surface area contributed by atoms with E-state index in [2.05, 4.69) is 66.7 Å². The molecule has 0 atom stereocenters. The van der Waals surface area contributed by atoms with E-state index < -0.39 is 0 Å². The van der Waals surface area contributed by atoms with Gasteiger partial charge in [-0.1, -0.05) is 71.9 Å². The average molecular weight is 433 g/mol. The topological polar surface area (TPSA) is 26.3 Å². The lowest BCUT2D eigenvalue weighted by Gasteiger charge is -2.42. The molecule has 0 bridgehead atoms. The van der Waals surface area contributed by atoms with Crippen LogP contribution < -0.4 is 0 Å². The van der Waals surface area contributed by atoms with E-state index in [4.69, 9.17) is 4.74 Å². The number of hydrogen-bond acceptors (Lipinski definition) is 2. The third-order valence-corrected chi connectivity index (χ3v) is 6.93. The van der Waals surface area contributed by atoms with Crippen molar-refractivity contribution in [2.75, 3.05) is 6.61 Å². The number of allylic oxidation sites excluding steroid dienone is 1. The molecule has 2 heteroatoms. The normalized spacial score (nSPS) is 17.2. The van der Waals surface area contributed by atoms with Crippen LogP contribution in [0.5, 0.6) is 0 Å². The molecule has 0 saturated heterocycles. The summed E-state index contributed by atoms with van der Waals surface area (Å²) in [6.07, 6.45) is 5.76. The van der Waals surface area contributed by atoms with E-state index in [9.17, 15) is 4.79 Å². The molecule has 32 heavy (non-hydrogen) atoms. The first-order chi connectivity index (χ1) is 14.9. The number of ether oxygens (including phenoxy) is 1. The first-order valence-corrected chi connectivity index (χ1v) is 12.1. The molecule has 0 aliphatic heterocycles. The van der Waals surface area contributed by atoms with Crippen LogP contribution in [-0.2, 0) is 22.0 Å². The maximum atomic E-state index is 12.0. The van der Waals surface area contributed by atoms with Crippen LogP contribution in [0.1, 0.15) is 106 Å². The number of hydrogen-bond donors (Lipinski definition) is 0. The first-order valence-electron chi connectivity index (χ1n) is 12.1. The molecule has 0 spiro atoms. The zero-order valence-electron chi connectivity index (χ0n) is 21.3. The van der Waals surface area contributed by atoms with Crippen molar-refractivity contribution in [3.63, 3.8) is 0 Å². The highest BCUT2D eigenvalue weighted by Gasteiger charge is 2.37. The highest BCUT2D eigenvalue weighted by atomic mass is 16.5. The van der Waals surface area contributed by atoms with E-state index in [1.165, 1.54) is 40.7 Å². The lowest BCUT2D eigenvalue weighted by Crippen LogP contribution is -2.34. The van der Waals surface area contributed by atoms with Crippen molar-refractivity contribution >= 4 is 17.6 Å². The molecule has 0 saturated carbocycles. The molecule has 0 aromatic heterocycles. The molecule has 0 amide bonds. The lowest BCUT2D eigenvalue weighted by atomic mass is 9.62. The van der Waals surface area contributed by atoms with Gasteiger partial charge in [-0.2, -0.15) is 0 Å². The summed E-state index contributed by atoms with van der Waals surface area (Å²) >= 11 is 0. The first kappa shape index (κ1) is 24.3. The van der Waals surface area contributed by atoms with E-state index in [0.717, 1.165) is 12.0 Å². The molecular weight excluding hydrogens is 392 g/mol. The predicted molar refractivity (Wildman–Crippen MR) is 136 cm³/mol. The van der Waals surface area contributed by atoms with Crippen LogP contribution >= 0.6 is 0 Å². The van der Waals surface area contributed by atoms with Crippen LogP contribution in [0.25, 0.3) is 11.6 Å². The molecule has 2 aromatic rings. The summed E-state index contributed by atoms with van der Waals surface area (Å²) in [5.74, 6) is 0.335. The van der Waals surface area contributed by atoms with Gasteiger partial charge in [0.15, 0.2) is 0 Å². The average Bonchev–Trinajstić information content (AvgIpc) is 2.71. The zero-order valence-corrected chi connectivity index (χ0v) is 21.3. The van der Waals surface area contributed by atoms with Gasteiger partial charge >= 0.3 is 5.97 Å². The van der Waals surface area contributed by atoms with Gasteiger partial charge in [-0.3, -0.25) is 0 Å². The quantitative estimate of drug-likeness (QED) is 0.342. The maximum absolute atomic E-state index is 12.0. The molecule has 1 aliphatic rings. The third kappa shape index (κ3) is 5.17. The summed E-state index contributed by atoms with van der Waals surface area (Å²) in [6.45, 7) is 18.6. The summed E-state index contributed by atoms with van der Waals surface area (Å²) in [7, 11) is 0. The van der Waals surface area contributed by atoms with Crippen molar-refractivity contribution < 1.29 is 9.53 Å². The Morgan fingerprint density at radius 2 is 1.56 bits per heavy atom. The van der Waals surface area contributed by atoms with Gasteiger partial charge in [0.05, 0.1) is 12.2 Å². The minimum absolute atomic E-state index is 0.192. The fourth-order valence-corrected chi connectivity index (χ4v) is 4.89. The molecule has 3 rings (SSSR count). The summed E-state index contributed by atoms with van der Waals surface area (Å²) in [6, 6.07) is 12.7. The Morgan fingerprint density at radius 3 is 2.09 bits per heavy atom. The van der Waals surface area contributed by atoms with E-state index in [0.29, 0.717) is 18.1 Å². The van der Waals surface area contributed by atoms with E-state index in [1.807, 2.05) is 31.2 Å². The van der Waals surface area contributed by atoms with E-state index in [1.54, 1.807) is 0 Å². The maximum Gasteiger partial charge on any atom is 0.338 e. The standard InChI is InChI=1S/C30H40O2/c1-9-32-28(31)23-12-10-22(11-13-23)17-21(4)25-19-27-26(18-24(25)16-20(2)3)29(5,6)14-15-30(27,7)8/h10-13,17-20H,9,14-16H2,1-8H3/b21-17+. The number of esters is 1. The fraction of sp³-hybridized carbons (Fsp3) is 0.500. The van der Waals surface area contributed by atoms with Crippen molar-refractivity contribution in [2.24, 2.45) is 5.92 Å². The molecule has 0 heterocycles. The highest BCUT2D eigenvalue weighted by molar-refractivity contribution is 5.90. The number of benzene rings is 2. The lowest BCUT2D eigenvalue weighted by molar-refractivity contribution is 0.0526. The monoisotopic (exact) mass is 432 g/mol. The van der Waals surface area contributed by atoms with Gasteiger partial charge in [0.1, 0.15) is 0 Å². The van der Waals surface area contributed by atoms with Crippen molar-refractivity contribution in [1.82, 2.24) is 0 Å². The van der Waals surface area contributed by atoms with Gasteiger partial charge in [-0.15, -0.1) is 0 Å². The summed E-state index contributed by atoms with van der Waals surface area (Å²) in [4.78, 5) is 12.0. The SMILES string of the molecule is CCOC(=O)c1ccc(/C=C(\C)c2cc3c(cc2CC(C)C)C(C)(C)CCC3(C)C)cc1. The largest absolute Gasteiger partial charge is 0.462 e. The molecule has 1 aliphatic carbocycles. The summed E-state index contributed by atoms with van der Waals surface area (Å²) in [5, 5.41) is 0. The van der Waals surface area contributed by atoms with Gasteiger partial charge in [0.2, 0.25) is 0 Å². The number of carbonyl (C=O) groups is 1. The van der Waals surface area contributed by atoms with Crippen molar-refractivity contribution in [1.29, 1.82) is 0 Å². The van der Waals surface area contributed by atoms with E-state index >= 15 is 0 Å². The Hall–Kier alpha value is -2.35. The van der Waals surface area contributed by atoms with Crippen molar-refractivity contribution in [2.45, 2.75) is 85.5 Å². The second-order valence-corrected chi connectivity index (χ2v) is 11.1. The molecule has 0 fully saturated rings. The van der Waals surface area contributed by atoms with Crippen LogP contribution in [0.3, 0.4) is 0 Å². The summed E-state index contributed by atoms with van der Waals surface area (Å²) in [5.41, 5.74) is 9.21. The summed E-state index contributed by atoms with van der Waals surface area (Å²) < 4.78 is 5.11. The Bertz CT molecular complexity index is 1000. The molecule has 0 unspecified atom stereocenters. The Kier molecular flexibility index (Phi) is 7.03. The zero-order chi connectivity index (χ0) is 23.7. The van der Waals surface area contributed by atoms with Gasteiger partial charge in [-0.05, 0) is 95.4 Å². The smallest absolute Gasteiger partial charge is 0.338 e. The van der Waals surface area contributed by atoms with Crippen LogP contribution in [0.2, 0.25) is 0 Å². The Labute approximate surface area is 195 Å². The van der Waals surface area contributed by atoms with Crippen LogP contribution in [0.4, 0.5) is 0 Å². The van der Waals surface area contributed by atoms with Gasteiger partial charge in [0.25, 0.3) is 0 Å². The molecule has 172 valence electrons. The molecule has 0 N–H and O–H groups in total. The second kappa shape index (κ2) is 9.25. The Morgan fingerprint density at radius 1 is 1.00 bits per heavy atom. The second-order valence-electron chi connectivity index (χ2n) is 11.1. The van der Waals surface area contributed by atoms with Crippen molar-refractivity contribution in [3.8, 4) is 0 Å². The van der Waals surface area contributed by atoms with E-state index in [-0.39, 0.29) is 16.8 Å². The molecule has 2 aromatic carbocycles. The van der Waals surface area contributed by atoms with Gasteiger partial charge in [0, 0.05) is 0 Å². The van der Waals surface area contributed by atoms with Crippen molar-refractivity contribution in [3.05, 3.63) is 69.8 Å². The van der Waals surface area contributed by atoms with Crippen LogP contribution in [-0.4, -0.2) is 12.6 Å². The number of carbonyl (C=O) groups excluding carboxylic acids is 1. The number of rotatable bonds is 6. The molecular formula is C30H40O2. The minimum Gasteiger partial charge on any atom is -0.462 e. The van der Waals surface area contributed by atoms with Crippen LogP contribution in [0, 0.1) is 5.92 Å². The van der Waals surface area contributed by atoms with Gasteiger partial charge < -0.3 is 4.74 Å². The van der Waals surface area contributed by atoms with Crippen LogP contribution in [0.15, 0.2) is 36.4 Å². The minimum atomic E-state index is -0.265. The fourth-order valence-electron chi connectivity index (χ4n) is 4.89. The third-order valence-electron chi connectivity index (χ3n) is 6.93. The number of fused-ring (bicyclic) bond motifs is 1. The predicted octanol–water partition coefficient (Wildman–Crippen LogP) is 7.97. The molecule has 2 nitrogen and oxygen atoms in total. The Balaban J connectivity index is 2.06. The van der Waals surface area contributed by atoms with Gasteiger partial charge in [-0.25, -0.2) is 4.79 Å². The highest BCUT2D eigenvalue weighted by Crippen LogP contribution is 2.47. The molecule has 0 radical (unpaired) electrons.